The fraction of sp³-hybridized carbons (Fsp3) is 1.00. The molecule has 0 amide bonds. The summed E-state index contributed by atoms with van der Waals surface area (Å²) in [6, 6.07) is 0.512. The molecule has 0 aliphatic heterocycles. The van der Waals surface area contributed by atoms with Gasteiger partial charge in [-0.15, -0.1) is 0 Å². The molecule has 0 radical (unpaired) electrons. The van der Waals surface area contributed by atoms with E-state index < -0.39 is 0 Å². The van der Waals surface area contributed by atoms with Crippen LogP contribution in [0.15, 0.2) is 0 Å². The maximum atomic E-state index is 6.14. The average molecular weight is 269 g/mol. The highest BCUT2D eigenvalue weighted by Crippen LogP contribution is 2.36. The van der Waals surface area contributed by atoms with E-state index in [0.29, 0.717) is 12.1 Å². The van der Waals surface area contributed by atoms with Gasteiger partial charge in [-0.05, 0) is 43.6 Å². The minimum atomic E-state index is 0.200. The molecule has 0 aromatic carbocycles. The number of rotatable bonds is 6. The summed E-state index contributed by atoms with van der Waals surface area (Å²) in [5, 5.41) is 3.73. The summed E-state index contributed by atoms with van der Waals surface area (Å²) in [6.45, 7) is 15.5. The van der Waals surface area contributed by atoms with E-state index in [0.717, 1.165) is 25.0 Å². The summed E-state index contributed by atoms with van der Waals surface area (Å²) < 4.78 is 6.14. The first kappa shape index (κ1) is 17.0. The Bertz CT molecular complexity index is 238. The molecule has 0 aromatic rings. The molecule has 2 atom stereocenters. The first-order valence-electron chi connectivity index (χ1n) is 8.25. The summed E-state index contributed by atoms with van der Waals surface area (Å²) in [6.07, 6.45) is 5.80. The zero-order valence-corrected chi connectivity index (χ0v) is 14.0. The fourth-order valence-electron chi connectivity index (χ4n) is 3.47. The van der Waals surface area contributed by atoms with Gasteiger partial charge in [-0.2, -0.15) is 0 Å². The van der Waals surface area contributed by atoms with Gasteiger partial charge in [0.25, 0.3) is 0 Å². The molecule has 1 fully saturated rings. The van der Waals surface area contributed by atoms with Crippen LogP contribution >= 0.6 is 0 Å². The van der Waals surface area contributed by atoms with Gasteiger partial charge in [0, 0.05) is 12.6 Å². The molecule has 1 aliphatic carbocycles. The first-order valence-corrected chi connectivity index (χ1v) is 8.25. The second-order valence-corrected chi connectivity index (χ2v) is 7.35. The molecule has 1 N–H and O–H groups in total. The van der Waals surface area contributed by atoms with Crippen LogP contribution in [-0.2, 0) is 4.74 Å². The van der Waals surface area contributed by atoms with Crippen molar-refractivity contribution in [2.45, 2.75) is 79.4 Å². The van der Waals surface area contributed by atoms with Crippen molar-refractivity contribution >= 4 is 0 Å². The van der Waals surface area contributed by atoms with E-state index in [9.17, 15) is 0 Å². The minimum Gasteiger partial charge on any atom is -0.376 e. The van der Waals surface area contributed by atoms with E-state index in [2.05, 4.69) is 46.9 Å². The lowest BCUT2D eigenvalue weighted by Crippen LogP contribution is -2.52. The van der Waals surface area contributed by atoms with Crippen LogP contribution in [0.5, 0.6) is 0 Å². The summed E-state index contributed by atoms with van der Waals surface area (Å²) in [4.78, 5) is 0. The van der Waals surface area contributed by atoms with Crippen molar-refractivity contribution in [2.24, 2.45) is 17.3 Å². The van der Waals surface area contributed by atoms with E-state index in [1.165, 1.54) is 25.7 Å². The van der Waals surface area contributed by atoms with Crippen LogP contribution in [0.1, 0.15) is 67.2 Å². The van der Waals surface area contributed by atoms with Crippen LogP contribution in [-0.4, -0.2) is 25.3 Å². The van der Waals surface area contributed by atoms with Crippen molar-refractivity contribution in [1.29, 1.82) is 0 Å². The van der Waals surface area contributed by atoms with Gasteiger partial charge in [-0.25, -0.2) is 0 Å². The van der Waals surface area contributed by atoms with Crippen molar-refractivity contribution in [3.05, 3.63) is 0 Å². The third-order valence-corrected chi connectivity index (χ3v) is 4.53. The Balaban J connectivity index is 2.78. The molecular formula is C17H35NO. The highest BCUT2D eigenvalue weighted by Gasteiger charge is 2.38. The third kappa shape index (κ3) is 5.07. The van der Waals surface area contributed by atoms with Crippen molar-refractivity contribution in [3.8, 4) is 0 Å². The van der Waals surface area contributed by atoms with Gasteiger partial charge >= 0.3 is 0 Å². The maximum Gasteiger partial charge on any atom is 0.0778 e. The fourth-order valence-corrected chi connectivity index (χ4v) is 3.47. The summed E-state index contributed by atoms with van der Waals surface area (Å²) in [5.41, 5.74) is 0.200. The van der Waals surface area contributed by atoms with E-state index >= 15 is 0 Å². The molecular weight excluding hydrogens is 234 g/mol. The smallest absolute Gasteiger partial charge is 0.0778 e. The standard InChI is InChI=1S/C17H35NO/c1-7-18-15(14-11-9-13(3)10-12-14)16(19-8-2)17(4,5)6/h13-16,18H,7-12H2,1-6H3. The predicted octanol–water partition coefficient (Wildman–Crippen LogP) is 4.24. The Morgan fingerprint density at radius 2 is 1.68 bits per heavy atom. The molecule has 0 bridgehead atoms. The number of nitrogens with one attached hydrogen (secondary N) is 1. The molecule has 114 valence electrons. The van der Waals surface area contributed by atoms with Crippen LogP contribution in [0.25, 0.3) is 0 Å². The van der Waals surface area contributed by atoms with Crippen molar-refractivity contribution in [3.63, 3.8) is 0 Å². The topological polar surface area (TPSA) is 21.3 Å². The van der Waals surface area contributed by atoms with E-state index in [-0.39, 0.29) is 5.41 Å². The van der Waals surface area contributed by atoms with Crippen molar-refractivity contribution < 1.29 is 4.74 Å². The van der Waals surface area contributed by atoms with Crippen molar-refractivity contribution in [2.75, 3.05) is 13.2 Å². The number of ether oxygens (including phenoxy) is 1. The van der Waals surface area contributed by atoms with Crippen LogP contribution in [0, 0.1) is 17.3 Å². The molecule has 1 saturated carbocycles. The van der Waals surface area contributed by atoms with Gasteiger partial charge < -0.3 is 10.1 Å². The molecule has 0 heterocycles. The second kappa shape index (κ2) is 7.64. The average Bonchev–Trinajstić information content (AvgIpc) is 2.33. The van der Waals surface area contributed by atoms with E-state index in [4.69, 9.17) is 4.74 Å². The highest BCUT2D eigenvalue weighted by atomic mass is 16.5. The van der Waals surface area contributed by atoms with E-state index in [1.807, 2.05) is 0 Å². The van der Waals surface area contributed by atoms with Gasteiger partial charge in [0.15, 0.2) is 0 Å². The normalized spacial score (nSPS) is 28.1. The molecule has 1 rings (SSSR count). The summed E-state index contributed by atoms with van der Waals surface area (Å²) >= 11 is 0. The van der Waals surface area contributed by atoms with Gasteiger partial charge in [0.2, 0.25) is 0 Å². The quantitative estimate of drug-likeness (QED) is 0.778. The Morgan fingerprint density at radius 3 is 2.11 bits per heavy atom. The zero-order chi connectivity index (χ0) is 14.5. The van der Waals surface area contributed by atoms with Gasteiger partial charge in [0.1, 0.15) is 0 Å². The first-order chi connectivity index (χ1) is 8.90. The Morgan fingerprint density at radius 1 is 1.11 bits per heavy atom. The van der Waals surface area contributed by atoms with Gasteiger partial charge in [-0.1, -0.05) is 47.5 Å². The molecule has 1 aliphatic rings. The largest absolute Gasteiger partial charge is 0.376 e. The molecule has 0 spiro atoms. The molecule has 0 saturated heterocycles. The minimum absolute atomic E-state index is 0.200. The lowest BCUT2D eigenvalue weighted by Gasteiger charge is -2.43. The van der Waals surface area contributed by atoms with Crippen LogP contribution in [0.3, 0.4) is 0 Å². The SMILES string of the molecule is CCNC(C1CCC(C)CC1)C(OCC)C(C)(C)C. The summed E-state index contributed by atoms with van der Waals surface area (Å²) in [5.74, 6) is 1.70. The lowest BCUT2D eigenvalue weighted by molar-refractivity contribution is -0.0534. The Hall–Kier alpha value is -0.0800. The molecule has 2 unspecified atom stereocenters. The third-order valence-electron chi connectivity index (χ3n) is 4.53. The monoisotopic (exact) mass is 269 g/mol. The van der Waals surface area contributed by atoms with Gasteiger partial charge in [-0.3, -0.25) is 0 Å². The zero-order valence-electron chi connectivity index (χ0n) is 14.0. The maximum absolute atomic E-state index is 6.14. The predicted molar refractivity (Wildman–Crippen MR) is 83.5 cm³/mol. The van der Waals surface area contributed by atoms with Crippen molar-refractivity contribution in [1.82, 2.24) is 5.32 Å². The Labute approximate surface area is 120 Å². The molecule has 0 aromatic heterocycles. The number of likely N-dealkylation sites (N-methyl/N-ethyl adjacent to an activating group) is 1. The molecule has 2 heteroatoms. The van der Waals surface area contributed by atoms with E-state index in [1.54, 1.807) is 0 Å². The number of hydrogen-bond acceptors (Lipinski definition) is 2. The summed E-state index contributed by atoms with van der Waals surface area (Å²) in [7, 11) is 0. The number of hydrogen-bond donors (Lipinski definition) is 1. The molecule has 19 heavy (non-hydrogen) atoms. The van der Waals surface area contributed by atoms with Crippen LogP contribution < -0.4 is 5.32 Å². The highest BCUT2D eigenvalue weighted by molar-refractivity contribution is 4.92. The van der Waals surface area contributed by atoms with Crippen LogP contribution in [0.4, 0.5) is 0 Å². The van der Waals surface area contributed by atoms with Gasteiger partial charge in [0.05, 0.1) is 6.10 Å². The second-order valence-electron chi connectivity index (χ2n) is 7.35. The lowest BCUT2D eigenvalue weighted by atomic mass is 9.73. The Kier molecular flexibility index (Phi) is 6.82. The van der Waals surface area contributed by atoms with Crippen LogP contribution in [0.2, 0.25) is 0 Å². The molecule has 2 nitrogen and oxygen atoms in total.